The molecule has 0 aliphatic heterocycles. The lowest BCUT2D eigenvalue weighted by atomic mass is 10.0. The molecule has 5 aromatic rings. The summed E-state index contributed by atoms with van der Waals surface area (Å²) in [6.07, 6.45) is 4.07. The Morgan fingerprint density at radius 1 is 0.806 bits per heavy atom. The first-order valence-corrected chi connectivity index (χ1v) is 10.1. The number of ketones is 1. The van der Waals surface area contributed by atoms with Gasteiger partial charge in [0.1, 0.15) is 17.8 Å². The van der Waals surface area contributed by atoms with Crippen molar-refractivity contribution < 1.29 is 4.79 Å². The molecule has 0 radical (unpaired) electrons. The molecule has 150 valence electrons. The smallest absolute Gasteiger partial charge is 0.195 e. The summed E-state index contributed by atoms with van der Waals surface area (Å²) >= 11 is 0. The van der Waals surface area contributed by atoms with Gasteiger partial charge in [0.25, 0.3) is 0 Å². The molecule has 0 saturated heterocycles. The number of benzene rings is 3. The predicted molar refractivity (Wildman–Crippen MR) is 123 cm³/mol. The second-order valence-electron chi connectivity index (χ2n) is 7.33. The third-order valence-electron chi connectivity index (χ3n) is 5.22. The SMILES string of the molecule is O=C(c1ccccc1)c1c[nH]c2ncnc(Nc3ccc(Cc4ccccc4)cc3)c12. The molecule has 2 heterocycles. The van der Waals surface area contributed by atoms with E-state index in [1.54, 1.807) is 6.20 Å². The van der Waals surface area contributed by atoms with Crippen molar-refractivity contribution in [2.45, 2.75) is 6.42 Å². The van der Waals surface area contributed by atoms with Crippen LogP contribution in [0.15, 0.2) is 97.5 Å². The van der Waals surface area contributed by atoms with Gasteiger partial charge in [-0.2, -0.15) is 0 Å². The lowest BCUT2D eigenvalue weighted by Crippen LogP contribution is -2.02. The van der Waals surface area contributed by atoms with Crippen LogP contribution >= 0.6 is 0 Å². The van der Waals surface area contributed by atoms with Crippen LogP contribution in [0.2, 0.25) is 0 Å². The third-order valence-corrected chi connectivity index (χ3v) is 5.22. The average Bonchev–Trinajstić information content (AvgIpc) is 3.26. The standard InChI is InChI=1S/C26H20N4O/c31-24(20-9-5-2-6-10-20)22-16-27-25-23(22)26(29-17-28-25)30-21-13-11-19(12-14-21)15-18-7-3-1-4-8-18/h1-14,16-17H,15H2,(H2,27,28,29,30). The minimum Gasteiger partial charge on any atom is -0.345 e. The van der Waals surface area contributed by atoms with E-state index in [2.05, 4.69) is 56.7 Å². The third kappa shape index (κ3) is 3.94. The Kier molecular flexibility index (Phi) is 4.99. The van der Waals surface area contributed by atoms with Crippen LogP contribution in [0, 0.1) is 0 Å². The van der Waals surface area contributed by atoms with Crippen LogP contribution in [-0.4, -0.2) is 20.7 Å². The van der Waals surface area contributed by atoms with Crippen molar-refractivity contribution in [2.75, 3.05) is 5.32 Å². The summed E-state index contributed by atoms with van der Waals surface area (Å²) in [5.74, 6) is 0.532. The zero-order chi connectivity index (χ0) is 21.0. The molecule has 0 aliphatic carbocycles. The topological polar surface area (TPSA) is 70.7 Å². The highest BCUT2D eigenvalue weighted by molar-refractivity contribution is 6.18. The number of hydrogen-bond donors (Lipinski definition) is 2. The molecule has 2 aromatic heterocycles. The summed E-state index contributed by atoms with van der Waals surface area (Å²) in [5, 5.41) is 4.03. The first-order valence-electron chi connectivity index (χ1n) is 10.1. The molecular weight excluding hydrogens is 384 g/mol. The Hall–Kier alpha value is -4.25. The fraction of sp³-hybridized carbons (Fsp3) is 0.0385. The maximum Gasteiger partial charge on any atom is 0.195 e. The number of carbonyl (C=O) groups excluding carboxylic acids is 1. The number of fused-ring (bicyclic) bond motifs is 1. The number of carbonyl (C=O) groups is 1. The average molecular weight is 404 g/mol. The Labute approximate surface area is 179 Å². The van der Waals surface area contributed by atoms with Crippen LogP contribution in [0.25, 0.3) is 11.0 Å². The number of nitrogens with zero attached hydrogens (tertiary/aromatic N) is 2. The van der Waals surface area contributed by atoms with E-state index < -0.39 is 0 Å². The second kappa shape index (κ2) is 8.24. The van der Waals surface area contributed by atoms with Gasteiger partial charge in [0.15, 0.2) is 5.78 Å². The van der Waals surface area contributed by atoms with Crippen LogP contribution in [0.3, 0.4) is 0 Å². The number of aromatic amines is 1. The first-order chi connectivity index (χ1) is 15.3. The van der Waals surface area contributed by atoms with Crippen LogP contribution < -0.4 is 5.32 Å². The summed E-state index contributed by atoms with van der Waals surface area (Å²) in [6.45, 7) is 0. The molecule has 0 atom stereocenters. The predicted octanol–water partition coefficient (Wildman–Crippen LogP) is 5.52. The molecule has 0 fully saturated rings. The monoisotopic (exact) mass is 404 g/mol. The minimum atomic E-state index is -0.0668. The Morgan fingerprint density at radius 3 is 2.23 bits per heavy atom. The zero-order valence-corrected chi connectivity index (χ0v) is 16.7. The van der Waals surface area contributed by atoms with E-state index in [9.17, 15) is 4.79 Å². The quantitative estimate of drug-likeness (QED) is 0.365. The molecule has 0 unspecified atom stereocenters. The van der Waals surface area contributed by atoms with Crippen LogP contribution in [0.1, 0.15) is 27.0 Å². The number of anilines is 2. The van der Waals surface area contributed by atoms with E-state index >= 15 is 0 Å². The van der Waals surface area contributed by atoms with Gasteiger partial charge in [-0.3, -0.25) is 4.79 Å². The molecule has 0 aliphatic rings. The Balaban J connectivity index is 1.43. The molecule has 3 aromatic carbocycles. The van der Waals surface area contributed by atoms with Crippen molar-refractivity contribution in [1.29, 1.82) is 0 Å². The highest BCUT2D eigenvalue weighted by atomic mass is 16.1. The van der Waals surface area contributed by atoms with E-state index in [4.69, 9.17) is 0 Å². The highest BCUT2D eigenvalue weighted by Crippen LogP contribution is 2.28. The van der Waals surface area contributed by atoms with Gasteiger partial charge in [0.05, 0.1) is 10.9 Å². The highest BCUT2D eigenvalue weighted by Gasteiger charge is 2.18. The van der Waals surface area contributed by atoms with Crippen LogP contribution in [0.5, 0.6) is 0 Å². The molecule has 5 nitrogen and oxygen atoms in total. The summed E-state index contributed by atoms with van der Waals surface area (Å²) in [6, 6.07) is 27.9. The van der Waals surface area contributed by atoms with Crippen molar-refractivity contribution in [3.05, 3.63) is 120 Å². The van der Waals surface area contributed by atoms with Gasteiger partial charge in [-0.25, -0.2) is 9.97 Å². The maximum absolute atomic E-state index is 13.0. The van der Waals surface area contributed by atoms with E-state index in [1.807, 2.05) is 48.5 Å². The molecule has 5 heteroatoms. The Bertz CT molecular complexity index is 1330. The van der Waals surface area contributed by atoms with Crippen LogP contribution in [-0.2, 0) is 6.42 Å². The molecule has 5 rings (SSSR count). The van der Waals surface area contributed by atoms with Crippen LogP contribution in [0.4, 0.5) is 11.5 Å². The second-order valence-corrected chi connectivity index (χ2v) is 7.33. The summed E-state index contributed by atoms with van der Waals surface area (Å²) < 4.78 is 0. The summed E-state index contributed by atoms with van der Waals surface area (Å²) in [7, 11) is 0. The molecule has 0 bridgehead atoms. The van der Waals surface area contributed by atoms with Gasteiger partial charge in [0.2, 0.25) is 0 Å². The number of H-pyrrole nitrogens is 1. The number of aromatic nitrogens is 3. The van der Waals surface area contributed by atoms with Crippen molar-refractivity contribution in [2.24, 2.45) is 0 Å². The van der Waals surface area contributed by atoms with Gasteiger partial charge < -0.3 is 10.3 Å². The largest absolute Gasteiger partial charge is 0.345 e. The molecule has 0 saturated carbocycles. The molecule has 2 N–H and O–H groups in total. The molecular formula is C26H20N4O. The fourth-order valence-electron chi connectivity index (χ4n) is 3.66. The molecule has 0 spiro atoms. The van der Waals surface area contributed by atoms with E-state index in [0.717, 1.165) is 12.1 Å². The Morgan fingerprint density at radius 2 is 1.48 bits per heavy atom. The minimum absolute atomic E-state index is 0.0668. The molecule has 0 amide bonds. The van der Waals surface area contributed by atoms with Crippen molar-refractivity contribution >= 4 is 28.3 Å². The summed E-state index contributed by atoms with van der Waals surface area (Å²) in [5.41, 5.74) is 5.20. The maximum atomic E-state index is 13.0. The first kappa shape index (κ1) is 18.8. The van der Waals surface area contributed by atoms with Crippen molar-refractivity contribution in [1.82, 2.24) is 15.0 Å². The van der Waals surface area contributed by atoms with Gasteiger partial charge >= 0.3 is 0 Å². The van der Waals surface area contributed by atoms with E-state index in [0.29, 0.717) is 28.0 Å². The van der Waals surface area contributed by atoms with Gasteiger partial charge in [-0.05, 0) is 29.7 Å². The van der Waals surface area contributed by atoms with Gasteiger partial charge in [-0.1, -0.05) is 72.8 Å². The van der Waals surface area contributed by atoms with Crippen molar-refractivity contribution in [3.8, 4) is 0 Å². The lowest BCUT2D eigenvalue weighted by molar-refractivity contribution is 0.104. The molecule has 31 heavy (non-hydrogen) atoms. The van der Waals surface area contributed by atoms with E-state index in [1.165, 1.54) is 17.5 Å². The normalized spacial score (nSPS) is 10.8. The zero-order valence-electron chi connectivity index (χ0n) is 16.7. The van der Waals surface area contributed by atoms with E-state index in [-0.39, 0.29) is 5.78 Å². The lowest BCUT2D eigenvalue weighted by Gasteiger charge is -2.09. The van der Waals surface area contributed by atoms with Gasteiger partial charge in [-0.15, -0.1) is 0 Å². The number of nitrogens with one attached hydrogen (secondary N) is 2. The fourth-order valence-corrected chi connectivity index (χ4v) is 3.66. The number of hydrogen-bond acceptors (Lipinski definition) is 4. The van der Waals surface area contributed by atoms with Crippen molar-refractivity contribution in [3.63, 3.8) is 0 Å². The number of rotatable bonds is 6. The summed E-state index contributed by atoms with van der Waals surface area (Å²) in [4.78, 5) is 24.8. The van der Waals surface area contributed by atoms with Gasteiger partial charge in [0, 0.05) is 17.4 Å².